The minimum absolute atomic E-state index is 0.134. The summed E-state index contributed by atoms with van der Waals surface area (Å²) in [5.41, 5.74) is 7.70. The Morgan fingerprint density at radius 3 is 2.55 bits per heavy atom. The number of sulfone groups is 1. The molecule has 0 atom stereocenters. The van der Waals surface area contributed by atoms with E-state index in [0.717, 1.165) is 5.56 Å². The zero-order valence-corrected chi connectivity index (χ0v) is 12.3. The average molecular weight is 291 g/mol. The first kappa shape index (κ1) is 14.4. The van der Waals surface area contributed by atoms with Gasteiger partial charge in [0.2, 0.25) is 0 Å². The Morgan fingerprint density at radius 1 is 1.15 bits per heavy atom. The molecule has 2 N–H and O–H groups in total. The number of hydrogen-bond acceptors (Lipinski definition) is 4. The lowest BCUT2D eigenvalue weighted by Gasteiger charge is -2.10. The van der Waals surface area contributed by atoms with Gasteiger partial charge in [-0.3, -0.25) is 0 Å². The maximum atomic E-state index is 12.4. The van der Waals surface area contributed by atoms with Gasteiger partial charge in [0.15, 0.2) is 9.84 Å². The normalized spacial score (nSPS) is 11.3. The van der Waals surface area contributed by atoms with Crippen molar-refractivity contribution in [2.24, 2.45) is 0 Å². The molecular weight excluding hydrogens is 274 g/mol. The molecule has 0 saturated carbocycles. The zero-order valence-electron chi connectivity index (χ0n) is 11.5. The SMILES string of the molecule is COc1ccc(N)cc1CS(=O)(=O)c1cccc(C)c1. The largest absolute Gasteiger partial charge is 0.496 e. The predicted octanol–water partition coefficient (Wildman–Crippen LogP) is 2.56. The van der Waals surface area contributed by atoms with Crippen molar-refractivity contribution in [3.63, 3.8) is 0 Å². The number of nitrogens with two attached hydrogens (primary N) is 1. The Bertz CT molecular complexity index is 724. The average Bonchev–Trinajstić information content (AvgIpc) is 2.38. The number of anilines is 1. The third-order valence-corrected chi connectivity index (χ3v) is 4.66. The first-order chi connectivity index (χ1) is 9.42. The molecule has 106 valence electrons. The highest BCUT2D eigenvalue weighted by atomic mass is 32.2. The topological polar surface area (TPSA) is 69.4 Å². The lowest BCUT2D eigenvalue weighted by molar-refractivity contribution is 0.411. The van der Waals surface area contributed by atoms with Crippen LogP contribution in [0.4, 0.5) is 5.69 Å². The van der Waals surface area contributed by atoms with Crippen LogP contribution in [0.1, 0.15) is 11.1 Å². The van der Waals surface area contributed by atoms with Gasteiger partial charge in [0.25, 0.3) is 0 Å². The van der Waals surface area contributed by atoms with E-state index in [1.807, 2.05) is 13.0 Å². The number of methoxy groups -OCH3 is 1. The van der Waals surface area contributed by atoms with Gasteiger partial charge in [-0.25, -0.2) is 8.42 Å². The van der Waals surface area contributed by atoms with Crippen LogP contribution in [-0.2, 0) is 15.6 Å². The zero-order chi connectivity index (χ0) is 14.8. The third kappa shape index (κ3) is 3.11. The molecule has 0 fully saturated rings. The first-order valence-corrected chi connectivity index (χ1v) is 7.79. The number of hydrogen-bond donors (Lipinski definition) is 1. The molecule has 2 aromatic carbocycles. The molecule has 0 saturated heterocycles. The maximum Gasteiger partial charge on any atom is 0.182 e. The van der Waals surface area contributed by atoms with Gasteiger partial charge < -0.3 is 10.5 Å². The van der Waals surface area contributed by atoms with Crippen LogP contribution >= 0.6 is 0 Å². The van der Waals surface area contributed by atoms with Gasteiger partial charge in [0.1, 0.15) is 5.75 Å². The van der Waals surface area contributed by atoms with Crippen molar-refractivity contribution in [2.75, 3.05) is 12.8 Å². The molecule has 5 heteroatoms. The molecule has 0 amide bonds. The summed E-state index contributed by atoms with van der Waals surface area (Å²) in [7, 11) is -1.91. The molecule has 20 heavy (non-hydrogen) atoms. The fourth-order valence-electron chi connectivity index (χ4n) is 2.01. The molecule has 0 aliphatic carbocycles. The van der Waals surface area contributed by atoms with Gasteiger partial charge in [-0.05, 0) is 42.8 Å². The van der Waals surface area contributed by atoms with Gasteiger partial charge >= 0.3 is 0 Å². The molecular formula is C15H17NO3S. The van der Waals surface area contributed by atoms with Gasteiger partial charge in [-0.15, -0.1) is 0 Å². The van der Waals surface area contributed by atoms with Crippen LogP contribution < -0.4 is 10.5 Å². The fraction of sp³-hybridized carbons (Fsp3) is 0.200. The molecule has 0 aliphatic heterocycles. The van der Waals surface area contributed by atoms with E-state index < -0.39 is 9.84 Å². The minimum atomic E-state index is -3.42. The number of aryl methyl sites for hydroxylation is 1. The summed E-state index contributed by atoms with van der Waals surface area (Å²) in [6.07, 6.45) is 0. The van der Waals surface area contributed by atoms with Crippen molar-refractivity contribution < 1.29 is 13.2 Å². The van der Waals surface area contributed by atoms with E-state index in [9.17, 15) is 8.42 Å². The highest BCUT2D eigenvalue weighted by Crippen LogP contribution is 2.26. The molecule has 0 aliphatic rings. The monoisotopic (exact) mass is 291 g/mol. The Balaban J connectivity index is 2.40. The van der Waals surface area contributed by atoms with Crippen molar-refractivity contribution in [2.45, 2.75) is 17.6 Å². The van der Waals surface area contributed by atoms with E-state index in [1.165, 1.54) is 7.11 Å². The van der Waals surface area contributed by atoms with Crippen molar-refractivity contribution in [3.8, 4) is 5.75 Å². The van der Waals surface area contributed by atoms with Crippen molar-refractivity contribution in [1.29, 1.82) is 0 Å². The van der Waals surface area contributed by atoms with Crippen molar-refractivity contribution in [1.82, 2.24) is 0 Å². The van der Waals surface area contributed by atoms with Gasteiger partial charge in [0.05, 0.1) is 17.8 Å². The number of ether oxygens (including phenoxy) is 1. The number of nitrogen functional groups attached to an aromatic ring is 1. The van der Waals surface area contributed by atoms with Crippen molar-refractivity contribution in [3.05, 3.63) is 53.6 Å². The summed E-state index contributed by atoms with van der Waals surface area (Å²) < 4.78 is 30.1. The van der Waals surface area contributed by atoms with E-state index in [2.05, 4.69) is 0 Å². The molecule has 0 spiro atoms. The Morgan fingerprint density at radius 2 is 1.90 bits per heavy atom. The van der Waals surface area contributed by atoms with Crippen LogP contribution in [0, 0.1) is 6.92 Å². The highest BCUT2D eigenvalue weighted by Gasteiger charge is 2.18. The smallest absolute Gasteiger partial charge is 0.182 e. The lowest BCUT2D eigenvalue weighted by Crippen LogP contribution is -2.07. The van der Waals surface area contributed by atoms with E-state index in [0.29, 0.717) is 21.9 Å². The molecule has 4 nitrogen and oxygen atoms in total. The molecule has 0 unspecified atom stereocenters. The van der Waals surface area contributed by atoms with Crippen LogP contribution in [0.25, 0.3) is 0 Å². The van der Waals surface area contributed by atoms with Crippen LogP contribution in [0.15, 0.2) is 47.4 Å². The highest BCUT2D eigenvalue weighted by molar-refractivity contribution is 7.90. The van der Waals surface area contributed by atoms with E-state index in [1.54, 1.807) is 36.4 Å². The molecule has 0 heterocycles. The van der Waals surface area contributed by atoms with Crippen LogP contribution in [0.3, 0.4) is 0 Å². The maximum absolute atomic E-state index is 12.4. The first-order valence-electron chi connectivity index (χ1n) is 6.14. The molecule has 2 aromatic rings. The number of rotatable bonds is 4. The van der Waals surface area contributed by atoms with Gasteiger partial charge in [-0.1, -0.05) is 12.1 Å². The quantitative estimate of drug-likeness (QED) is 0.879. The standard InChI is InChI=1S/C15H17NO3S/c1-11-4-3-5-14(8-11)20(17,18)10-12-9-13(16)6-7-15(12)19-2/h3-9H,10,16H2,1-2H3. The number of benzene rings is 2. The lowest BCUT2D eigenvalue weighted by atomic mass is 10.2. The predicted molar refractivity (Wildman–Crippen MR) is 79.5 cm³/mol. The fourth-order valence-corrected chi connectivity index (χ4v) is 3.46. The third-order valence-electron chi connectivity index (χ3n) is 3.00. The summed E-state index contributed by atoms with van der Waals surface area (Å²) in [6.45, 7) is 1.86. The van der Waals surface area contributed by atoms with Crippen molar-refractivity contribution >= 4 is 15.5 Å². The summed E-state index contributed by atoms with van der Waals surface area (Å²) in [4.78, 5) is 0.307. The van der Waals surface area contributed by atoms with Gasteiger partial charge in [0, 0.05) is 11.3 Å². The molecule has 2 rings (SSSR count). The van der Waals surface area contributed by atoms with Crippen LogP contribution in [0.2, 0.25) is 0 Å². The summed E-state index contributed by atoms with van der Waals surface area (Å²) >= 11 is 0. The van der Waals surface area contributed by atoms with Gasteiger partial charge in [-0.2, -0.15) is 0 Å². The second-order valence-corrected chi connectivity index (χ2v) is 6.64. The second kappa shape index (κ2) is 5.54. The van der Waals surface area contributed by atoms with E-state index >= 15 is 0 Å². The Labute approximate surface area is 119 Å². The van der Waals surface area contributed by atoms with Crippen LogP contribution in [0.5, 0.6) is 5.75 Å². The Hall–Kier alpha value is -2.01. The molecule has 0 aromatic heterocycles. The summed E-state index contributed by atoms with van der Waals surface area (Å²) in [5, 5.41) is 0. The second-order valence-electron chi connectivity index (χ2n) is 4.65. The van der Waals surface area contributed by atoms with Crippen LogP contribution in [-0.4, -0.2) is 15.5 Å². The Kier molecular flexibility index (Phi) is 3.99. The summed E-state index contributed by atoms with van der Waals surface area (Å²) in [6, 6.07) is 11.8. The molecule has 0 bridgehead atoms. The van der Waals surface area contributed by atoms with E-state index in [-0.39, 0.29) is 5.75 Å². The molecule has 0 radical (unpaired) electrons. The summed E-state index contributed by atoms with van der Waals surface area (Å²) in [5.74, 6) is 0.389. The minimum Gasteiger partial charge on any atom is -0.496 e. The van der Waals surface area contributed by atoms with E-state index in [4.69, 9.17) is 10.5 Å².